The molecule has 0 bridgehead atoms. The summed E-state index contributed by atoms with van der Waals surface area (Å²) in [6.45, 7) is 1.97. The van der Waals surface area contributed by atoms with Crippen molar-refractivity contribution in [2.45, 2.75) is 6.92 Å². The Labute approximate surface area is 100 Å². The highest BCUT2D eigenvalue weighted by atomic mass is 16.5. The first-order valence-corrected chi connectivity index (χ1v) is 5.23. The highest BCUT2D eigenvalue weighted by molar-refractivity contribution is 5.52. The highest BCUT2D eigenvalue weighted by Crippen LogP contribution is 2.32. The zero-order valence-corrected chi connectivity index (χ0v) is 9.81. The molecule has 1 aromatic carbocycles. The summed E-state index contributed by atoms with van der Waals surface area (Å²) in [4.78, 5) is 4.16. The lowest BCUT2D eigenvalue weighted by Gasteiger charge is -2.10. The minimum atomic E-state index is 0.527. The zero-order valence-electron chi connectivity index (χ0n) is 9.81. The van der Waals surface area contributed by atoms with E-state index in [4.69, 9.17) is 15.2 Å². The van der Waals surface area contributed by atoms with Crippen molar-refractivity contribution in [2.24, 2.45) is 0 Å². The number of hydrogen-bond donors (Lipinski definition) is 1. The average molecular weight is 230 g/mol. The molecule has 17 heavy (non-hydrogen) atoms. The molecule has 0 fully saturated rings. The second-order valence-electron chi connectivity index (χ2n) is 3.69. The summed E-state index contributed by atoms with van der Waals surface area (Å²) in [5.74, 6) is 1.71. The summed E-state index contributed by atoms with van der Waals surface area (Å²) in [6, 6.07) is 8.97. The Morgan fingerprint density at radius 2 is 1.94 bits per heavy atom. The maximum Gasteiger partial charge on any atom is 0.219 e. The number of methoxy groups -OCH3 is 1. The van der Waals surface area contributed by atoms with Crippen LogP contribution in [0.25, 0.3) is 0 Å². The van der Waals surface area contributed by atoms with Gasteiger partial charge in [0.25, 0.3) is 0 Å². The van der Waals surface area contributed by atoms with Crippen LogP contribution in [0.5, 0.6) is 17.4 Å². The number of benzene rings is 1. The number of hydrogen-bond acceptors (Lipinski definition) is 4. The van der Waals surface area contributed by atoms with Gasteiger partial charge in [-0.2, -0.15) is 0 Å². The smallest absolute Gasteiger partial charge is 0.219 e. The third-order valence-electron chi connectivity index (χ3n) is 2.29. The van der Waals surface area contributed by atoms with Crippen LogP contribution in [0.4, 0.5) is 5.69 Å². The van der Waals surface area contributed by atoms with Gasteiger partial charge in [0.1, 0.15) is 0 Å². The predicted molar refractivity (Wildman–Crippen MR) is 66.5 cm³/mol. The standard InChI is InChI=1S/C13H14N2O2/c1-9-3-6-13(15-8-9)17-11-5-4-10(14)7-12(11)16-2/h3-8H,14H2,1-2H3. The van der Waals surface area contributed by atoms with Crippen LogP contribution < -0.4 is 15.2 Å². The third-order valence-corrected chi connectivity index (χ3v) is 2.29. The van der Waals surface area contributed by atoms with Gasteiger partial charge < -0.3 is 15.2 Å². The lowest BCUT2D eigenvalue weighted by molar-refractivity contribution is 0.374. The van der Waals surface area contributed by atoms with Crippen LogP contribution >= 0.6 is 0 Å². The number of pyridine rings is 1. The number of nitrogens with two attached hydrogens (primary N) is 1. The Bertz CT molecular complexity index is 509. The van der Waals surface area contributed by atoms with Gasteiger partial charge in [-0.15, -0.1) is 0 Å². The Kier molecular flexibility index (Phi) is 3.14. The molecule has 2 rings (SSSR count). The van der Waals surface area contributed by atoms with Crippen molar-refractivity contribution in [1.29, 1.82) is 0 Å². The normalized spacial score (nSPS) is 10.0. The topological polar surface area (TPSA) is 57.4 Å². The van der Waals surface area contributed by atoms with E-state index in [2.05, 4.69) is 4.98 Å². The lowest BCUT2D eigenvalue weighted by atomic mass is 10.3. The van der Waals surface area contributed by atoms with Gasteiger partial charge in [-0.05, 0) is 24.6 Å². The molecule has 1 heterocycles. The molecule has 2 N–H and O–H groups in total. The van der Waals surface area contributed by atoms with Crippen LogP contribution in [0.15, 0.2) is 36.5 Å². The van der Waals surface area contributed by atoms with Gasteiger partial charge in [0, 0.05) is 24.0 Å². The fraction of sp³-hybridized carbons (Fsp3) is 0.154. The van der Waals surface area contributed by atoms with Gasteiger partial charge in [0.05, 0.1) is 7.11 Å². The Hall–Kier alpha value is -2.23. The van der Waals surface area contributed by atoms with E-state index in [9.17, 15) is 0 Å². The number of anilines is 1. The van der Waals surface area contributed by atoms with Gasteiger partial charge in [-0.25, -0.2) is 4.98 Å². The maximum absolute atomic E-state index is 5.67. The molecule has 88 valence electrons. The van der Waals surface area contributed by atoms with Crippen LogP contribution in [0, 0.1) is 6.92 Å². The molecule has 0 spiro atoms. The summed E-state index contributed by atoms with van der Waals surface area (Å²) in [6.07, 6.45) is 1.75. The van der Waals surface area contributed by atoms with Crippen molar-refractivity contribution in [1.82, 2.24) is 4.98 Å². The number of aromatic nitrogens is 1. The van der Waals surface area contributed by atoms with Crippen LogP contribution in [0.2, 0.25) is 0 Å². The first kappa shape index (κ1) is 11.3. The SMILES string of the molecule is COc1cc(N)ccc1Oc1ccc(C)cn1. The molecule has 0 unspecified atom stereocenters. The molecule has 0 saturated heterocycles. The monoisotopic (exact) mass is 230 g/mol. The molecule has 0 radical (unpaired) electrons. The van der Waals surface area contributed by atoms with E-state index in [0.717, 1.165) is 5.56 Å². The number of nitrogens with zero attached hydrogens (tertiary/aromatic N) is 1. The Balaban J connectivity index is 2.26. The van der Waals surface area contributed by atoms with Crippen LogP contribution in [0.3, 0.4) is 0 Å². The molecule has 0 atom stereocenters. The first-order chi connectivity index (χ1) is 8.19. The van der Waals surface area contributed by atoms with E-state index >= 15 is 0 Å². The van der Waals surface area contributed by atoms with E-state index in [0.29, 0.717) is 23.1 Å². The van der Waals surface area contributed by atoms with E-state index in [-0.39, 0.29) is 0 Å². The molecule has 0 saturated carbocycles. The van der Waals surface area contributed by atoms with Crippen LogP contribution in [-0.2, 0) is 0 Å². The van der Waals surface area contributed by atoms with E-state index in [1.54, 1.807) is 31.5 Å². The molecule has 1 aromatic heterocycles. The van der Waals surface area contributed by atoms with Gasteiger partial charge >= 0.3 is 0 Å². The van der Waals surface area contributed by atoms with Crippen LogP contribution in [-0.4, -0.2) is 12.1 Å². The average Bonchev–Trinajstić information content (AvgIpc) is 2.34. The molecule has 4 nitrogen and oxygen atoms in total. The van der Waals surface area contributed by atoms with Crippen molar-refractivity contribution in [3.8, 4) is 17.4 Å². The maximum atomic E-state index is 5.67. The van der Waals surface area contributed by atoms with Gasteiger partial charge in [0.15, 0.2) is 11.5 Å². The third kappa shape index (κ3) is 2.66. The van der Waals surface area contributed by atoms with Crippen molar-refractivity contribution >= 4 is 5.69 Å². The van der Waals surface area contributed by atoms with E-state index in [1.165, 1.54) is 0 Å². The summed E-state index contributed by atoms with van der Waals surface area (Å²) < 4.78 is 10.8. The molecular formula is C13H14N2O2. The molecule has 0 aliphatic rings. The second-order valence-corrected chi connectivity index (χ2v) is 3.69. The highest BCUT2D eigenvalue weighted by Gasteiger charge is 2.06. The zero-order chi connectivity index (χ0) is 12.3. The van der Waals surface area contributed by atoms with Crippen molar-refractivity contribution in [2.75, 3.05) is 12.8 Å². The fourth-order valence-corrected chi connectivity index (χ4v) is 1.40. The molecule has 4 heteroatoms. The summed E-state index contributed by atoms with van der Waals surface area (Å²) >= 11 is 0. The largest absolute Gasteiger partial charge is 0.493 e. The van der Waals surface area contributed by atoms with E-state index in [1.807, 2.05) is 19.1 Å². The van der Waals surface area contributed by atoms with Crippen molar-refractivity contribution < 1.29 is 9.47 Å². The summed E-state index contributed by atoms with van der Waals surface area (Å²) in [5, 5.41) is 0. The van der Waals surface area contributed by atoms with Gasteiger partial charge in [-0.3, -0.25) is 0 Å². The Morgan fingerprint density at radius 1 is 1.12 bits per heavy atom. The van der Waals surface area contributed by atoms with Crippen LogP contribution in [0.1, 0.15) is 5.56 Å². The van der Waals surface area contributed by atoms with Gasteiger partial charge in [0.2, 0.25) is 5.88 Å². The van der Waals surface area contributed by atoms with Crippen molar-refractivity contribution in [3.05, 3.63) is 42.1 Å². The lowest BCUT2D eigenvalue weighted by Crippen LogP contribution is -1.94. The number of rotatable bonds is 3. The molecule has 0 aliphatic heterocycles. The first-order valence-electron chi connectivity index (χ1n) is 5.23. The summed E-state index contributed by atoms with van der Waals surface area (Å²) in [5.41, 5.74) is 7.38. The minimum Gasteiger partial charge on any atom is -0.493 e. The molecular weight excluding hydrogens is 216 g/mol. The summed E-state index contributed by atoms with van der Waals surface area (Å²) in [7, 11) is 1.57. The number of ether oxygens (including phenoxy) is 2. The minimum absolute atomic E-state index is 0.527. The fourth-order valence-electron chi connectivity index (χ4n) is 1.40. The quantitative estimate of drug-likeness (QED) is 0.824. The van der Waals surface area contributed by atoms with E-state index < -0.39 is 0 Å². The Morgan fingerprint density at radius 3 is 2.59 bits per heavy atom. The van der Waals surface area contributed by atoms with Crippen molar-refractivity contribution in [3.63, 3.8) is 0 Å². The predicted octanol–water partition coefficient (Wildman–Crippen LogP) is 2.77. The number of nitrogen functional groups attached to an aromatic ring is 1. The van der Waals surface area contributed by atoms with Gasteiger partial charge in [-0.1, -0.05) is 6.07 Å². The second kappa shape index (κ2) is 4.74. The molecule has 0 aliphatic carbocycles. The molecule has 0 amide bonds. The number of aryl methyl sites for hydroxylation is 1. The molecule has 2 aromatic rings.